The molecule has 1 atom stereocenters. The van der Waals surface area contributed by atoms with E-state index in [9.17, 15) is 5.11 Å². The summed E-state index contributed by atoms with van der Waals surface area (Å²) >= 11 is 0. The molecule has 0 amide bonds. The quantitative estimate of drug-likeness (QED) is 0.784. The van der Waals surface area contributed by atoms with Gasteiger partial charge in [-0.25, -0.2) is 0 Å². The molecule has 0 saturated carbocycles. The molecule has 3 heteroatoms. The van der Waals surface area contributed by atoms with Crippen LogP contribution in [0.5, 0.6) is 0 Å². The van der Waals surface area contributed by atoms with Crippen LogP contribution in [0.4, 0.5) is 0 Å². The Morgan fingerprint density at radius 1 is 1.33 bits per heavy atom. The molecule has 1 aliphatic heterocycles. The van der Waals surface area contributed by atoms with E-state index in [0.29, 0.717) is 19.8 Å². The summed E-state index contributed by atoms with van der Waals surface area (Å²) in [5.74, 6) is 0. The lowest BCUT2D eigenvalue weighted by molar-refractivity contribution is -0.191. The summed E-state index contributed by atoms with van der Waals surface area (Å²) < 4.78 is 11.2. The molecular weight excluding hydrogens is 192 g/mol. The molecule has 0 aromatic heterocycles. The summed E-state index contributed by atoms with van der Waals surface area (Å²) in [7, 11) is 0. The van der Waals surface area contributed by atoms with E-state index in [1.165, 1.54) is 0 Å². The second-order valence-electron chi connectivity index (χ2n) is 5.38. The van der Waals surface area contributed by atoms with Gasteiger partial charge in [-0.2, -0.15) is 0 Å². The maximum atomic E-state index is 10.4. The van der Waals surface area contributed by atoms with E-state index < -0.39 is 11.7 Å². The molecule has 1 aliphatic rings. The van der Waals surface area contributed by atoms with E-state index in [4.69, 9.17) is 9.47 Å². The summed E-state index contributed by atoms with van der Waals surface area (Å²) in [6, 6.07) is 0. The van der Waals surface area contributed by atoms with Gasteiger partial charge in [-0.15, -0.1) is 0 Å². The van der Waals surface area contributed by atoms with E-state index >= 15 is 0 Å². The minimum absolute atomic E-state index is 0.146. The van der Waals surface area contributed by atoms with Gasteiger partial charge in [-0.05, 0) is 12.3 Å². The first-order chi connectivity index (χ1) is 6.92. The molecule has 0 aliphatic carbocycles. The molecule has 1 rings (SSSR count). The smallest absolute Gasteiger partial charge is 0.0988 e. The lowest BCUT2D eigenvalue weighted by atomic mass is 9.74. The summed E-state index contributed by atoms with van der Waals surface area (Å²) in [6.45, 7) is 10.1. The van der Waals surface area contributed by atoms with Crippen LogP contribution in [-0.4, -0.2) is 36.6 Å². The largest absolute Gasteiger partial charge is 0.390 e. The predicted octanol–water partition coefficient (Wildman–Crippen LogP) is 1.98. The average molecular weight is 216 g/mol. The minimum atomic E-state index is -0.436. The van der Waals surface area contributed by atoms with Gasteiger partial charge in [0.05, 0.1) is 11.7 Å². The van der Waals surface area contributed by atoms with E-state index in [1.54, 1.807) is 0 Å². The van der Waals surface area contributed by atoms with Crippen molar-refractivity contribution in [2.24, 2.45) is 5.41 Å². The third-order valence-corrected chi connectivity index (χ3v) is 3.09. The predicted molar refractivity (Wildman–Crippen MR) is 59.9 cm³/mol. The molecule has 0 spiro atoms. The van der Waals surface area contributed by atoms with Gasteiger partial charge in [-0.3, -0.25) is 0 Å². The van der Waals surface area contributed by atoms with Crippen LogP contribution in [0, 0.1) is 5.41 Å². The zero-order valence-electron chi connectivity index (χ0n) is 10.4. The lowest BCUT2D eigenvalue weighted by Crippen LogP contribution is -2.54. The Kier molecular flexibility index (Phi) is 4.15. The van der Waals surface area contributed by atoms with E-state index in [1.807, 2.05) is 27.7 Å². The van der Waals surface area contributed by atoms with Crippen molar-refractivity contribution in [1.82, 2.24) is 0 Å². The van der Waals surface area contributed by atoms with Crippen molar-refractivity contribution >= 4 is 0 Å². The van der Waals surface area contributed by atoms with Crippen LogP contribution in [0.15, 0.2) is 0 Å². The molecule has 0 radical (unpaired) electrons. The summed E-state index contributed by atoms with van der Waals surface area (Å²) in [5.41, 5.74) is -0.544. The Bertz CT molecular complexity index is 184. The van der Waals surface area contributed by atoms with Crippen LogP contribution < -0.4 is 0 Å². The van der Waals surface area contributed by atoms with Crippen molar-refractivity contribution in [2.75, 3.05) is 19.8 Å². The second-order valence-corrected chi connectivity index (χ2v) is 5.38. The molecule has 1 unspecified atom stereocenters. The van der Waals surface area contributed by atoms with E-state index in [0.717, 1.165) is 12.8 Å². The van der Waals surface area contributed by atoms with Crippen molar-refractivity contribution in [3.8, 4) is 0 Å². The van der Waals surface area contributed by atoms with Crippen molar-refractivity contribution in [3.05, 3.63) is 0 Å². The normalized spacial score (nSPS) is 23.8. The van der Waals surface area contributed by atoms with Crippen LogP contribution in [0.3, 0.4) is 0 Å². The topological polar surface area (TPSA) is 38.7 Å². The highest BCUT2D eigenvalue weighted by Gasteiger charge is 2.45. The minimum Gasteiger partial charge on any atom is -0.390 e. The number of hydrogen-bond acceptors (Lipinski definition) is 3. The standard InChI is InChI=1S/C12H24O3/c1-5-15-12(6-8-14-9-7-12)10(13)11(2,3)4/h10,13H,5-9H2,1-4H3. The fraction of sp³-hybridized carbons (Fsp3) is 1.00. The Morgan fingerprint density at radius 2 is 1.87 bits per heavy atom. The van der Waals surface area contributed by atoms with Crippen molar-refractivity contribution in [2.45, 2.75) is 52.2 Å². The number of aliphatic hydroxyl groups excluding tert-OH is 1. The molecule has 0 aromatic carbocycles. The zero-order valence-corrected chi connectivity index (χ0v) is 10.4. The fourth-order valence-electron chi connectivity index (χ4n) is 2.29. The fourth-order valence-corrected chi connectivity index (χ4v) is 2.29. The van der Waals surface area contributed by atoms with E-state index in [-0.39, 0.29) is 5.41 Å². The van der Waals surface area contributed by atoms with Gasteiger partial charge in [0.15, 0.2) is 0 Å². The third-order valence-electron chi connectivity index (χ3n) is 3.09. The highest BCUT2D eigenvalue weighted by atomic mass is 16.5. The molecule has 1 N–H and O–H groups in total. The van der Waals surface area contributed by atoms with Crippen LogP contribution in [0.1, 0.15) is 40.5 Å². The van der Waals surface area contributed by atoms with Gasteiger partial charge in [0.25, 0.3) is 0 Å². The maximum Gasteiger partial charge on any atom is 0.0988 e. The Balaban J connectivity index is 2.79. The molecule has 1 heterocycles. The van der Waals surface area contributed by atoms with Gasteiger partial charge in [0.1, 0.15) is 0 Å². The zero-order chi connectivity index (χ0) is 11.5. The Labute approximate surface area is 92.8 Å². The highest BCUT2D eigenvalue weighted by molar-refractivity contribution is 4.96. The molecule has 0 bridgehead atoms. The Hall–Kier alpha value is -0.120. The first-order valence-electron chi connectivity index (χ1n) is 5.82. The summed E-state index contributed by atoms with van der Waals surface area (Å²) in [5, 5.41) is 10.4. The van der Waals surface area contributed by atoms with Crippen LogP contribution in [-0.2, 0) is 9.47 Å². The number of aliphatic hydroxyl groups is 1. The molecule has 1 fully saturated rings. The maximum absolute atomic E-state index is 10.4. The molecule has 90 valence electrons. The highest BCUT2D eigenvalue weighted by Crippen LogP contribution is 2.37. The molecular formula is C12H24O3. The van der Waals surface area contributed by atoms with Crippen molar-refractivity contribution in [3.63, 3.8) is 0 Å². The molecule has 15 heavy (non-hydrogen) atoms. The van der Waals surface area contributed by atoms with Crippen molar-refractivity contribution in [1.29, 1.82) is 0 Å². The summed E-state index contributed by atoms with van der Waals surface area (Å²) in [4.78, 5) is 0. The summed E-state index contributed by atoms with van der Waals surface area (Å²) in [6.07, 6.45) is 1.15. The number of ether oxygens (including phenoxy) is 2. The molecule has 1 saturated heterocycles. The SMILES string of the molecule is CCOC1(C(O)C(C)(C)C)CCOCC1. The average Bonchev–Trinajstić information content (AvgIpc) is 2.17. The van der Waals surface area contributed by atoms with Gasteiger partial charge >= 0.3 is 0 Å². The van der Waals surface area contributed by atoms with Crippen LogP contribution in [0.25, 0.3) is 0 Å². The van der Waals surface area contributed by atoms with Crippen LogP contribution >= 0.6 is 0 Å². The lowest BCUT2D eigenvalue weighted by Gasteiger charge is -2.45. The van der Waals surface area contributed by atoms with Gasteiger partial charge in [0, 0.05) is 32.7 Å². The molecule has 0 aromatic rings. The molecule has 3 nitrogen and oxygen atoms in total. The van der Waals surface area contributed by atoms with Crippen LogP contribution in [0.2, 0.25) is 0 Å². The third kappa shape index (κ3) is 2.92. The van der Waals surface area contributed by atoms with Gasteiger partial charge in [-0.1, -0.05) is 20.8 Å². The first-order valence-corrected chi connectivity index (χ1v) is 5.82. The number of hydrogen-bond donors (Lipinski definition) is 1. The van der Waals surface area contributed by atoms with Gasteiger partial charge in [0.2, 0.25) is 0 Å². The van der Waals surface area contributed by atoms with E-state index in [2.05, 4.69) is 0 Å². The first kappa shape index (κ1) is 12.9. The Morgan fingerprint density at radius 3 is 2.27 bits per heavy atom. The monoisotopic (exact) mass is 216 g/mol. The van der Waals surface area contributed by atoms with Gasteiger partial charge < -0.3 is 14.6 Å². The van der Waals surface area contributed by atoms with Crippen molar-refractivity contribution < 1.29 is 14.6 Å². The second kappa shape index (κ2) is 4.81. The number of rotatable bonds is 3.